The van der Waals surface area contributed by atoms with Gasteiger partial charge in [0.1, 0.15) is 18.6 Å². The minimum atomic E-state index is -4.17. The van der Waals surface area contributed by atoms with Gasteiger partial charge in [-0.3, -0.25) is 10.1 Å². The molecule has 226 valence electrons. The Labute approximate surface area is 248 Å². The van der Waals surface area contributed by atoms with Gasteiger partial charge in [0.05, 0.1) is 42.9 Å². The number of pyridine rings is 1. The maximum Gasteiger partial charge on any atom is 0.306 e. The maximum absolute atomic E-state index is 12.4. The maximum atomic E-state index is 12.4. The van der Waals surface area contributed by atoms with Crippen molar-refractivity contribution < 1.29 is 44.3 Å². The smallest absolute Gasteiger partial charge is 0.306 e. The summed E-state index contributed by atoms with van der Waals surface area (Å²) >= 11 is 0. The molecule has 0 spiro atoms. The van der Waals surface area contributed by atoms with E-state index in [1.165, 1.54) is 50.6 Å². The Hall–Kier alpha value is -4.89. The Kier molecular flexibility index (Phi) is 9.06. The Morgan fingerprint density at radius 3 is 2.05 bits per heavy atom. The molecule has 1 heterocycles. The lowest BCUT2D eigenvalue weighted by molar-refractivity contribution is -0.385. The van der Waals surface area contributed by atoms with Gasteiger partial charge in [0.25, 0.3) is 5.69 Å². The van der Waals surface area contributed by atoms with E-state index in [9.17, 15) is 26.9 Å². The molecule has 0 atom stereocenters. The number of benzene rings is 3. The van der Waals surface area contributed by atoms with Gasteiger partial charge in [-0.15, -0.1) is 0 Å². The number of nitro groups is 1. The van der Waals surface area contributed by atoms with E-state index in [2.05, 4.69) is 4.98 Å². The molecule has 0 unspecified atom stereocenters. The van der Waals surface area contributed by atoms with Crippen LogP contribution in [-0.2, 0) is 26.8 Å². The highest BCUT2D eigenvalue weighted by Gasteiger charge is 2.28. The Balaban J connectivity index is 1.93. The summed E-state index contributed by atoms with van der Waals surface area (Å²) in [6.07, 6.45) is 2.74. The summed E-state index contributed by atoms with van der Waals surface area (Å²) in [6.45, 7) is 0.108. The van der Waals surface area contributed by atoms with Crippen molar-refractivity contribution in [2.24, 2.45) is 0 Å². The van der Waals surface area contributed by atoms with Gasteiger partial charge in [-0.1, -0.05) is 36.4 Å². The van der Waals surface area contributed by atoms with Gasteiger partial charge in [0.15, 0.2) is 23.0 Å². The van der Waals surface area contributed by atoms with Crippen molar-refractivity contribution in [3.8, 4) is 51.1 Å². The summed E-state index contributed by atoms with van der Waals surface area (Å²) in [5, 5.41) is 11.1. The van der Waals surface area contributed by atoms with Gasteiger partial charge >= 0.3 is 20.2 Å². The van der Waals surface area contributed by atoms with Gasteiger partial charge in [-0.2, -0.15) is 16.8 Å². The SMILES string of the molecule is COc1cc(-c2ccc([N+](=O)[O-])cn2)c(OC)c(OS(C)(=O)=O)c1-c1ccc(OCc2ccccc2)c(OS(C)(=O)=O)c1. The van der Waals surface area contributed by atoms with E-state index in [4.69, 9.17) is 22.6 Å². The summed E-state index contributed by atoms with van der Waals surface area (Å²) < 4.78 is 76.8. The van der Waals surface area contributed by atoms with Crippen molar-refractivity contribution in [3.63, 3.8) is 0 Å². The van der Waals surface area contributed by atoms with Crippen LogP contribution in [0.5, 0.6) is 28.7 Å². The second kappa shape index (κ2) is 12.5. The number of nitrogens with zero attached hydrogens (tertiary/aromatic N) is 2. The quantitative estimate of drug-likeness (QED) is 0.121. The predicted octanol–water partition coefficient (Wildman–Crippen LogP) is 4.60. The van der Waals surface area contributed by atoms with E-state index in [0.29, 0.717) is 0 Å². The standard InChI is InChI=1S/C28H26N2O11S2/c1-37-25-15-21(22-12-11-20(16-29-22)30(31)32)27(38-2)28(41-43(4,35)36)26(25)19-10-13-23(24(14-19)40-42(3,33)34)39-17-18-8-6-5-7-9-18/h5-16H,17H2,1-4H3. The molecule has 4 rings (SSSR count). The Bertz CT molecular complexity index is 1860. The number of ether oxygens (including phenoxy) is 3. The summed E-state index contributed by atoms with van der Waals surface area (Å²) in [5.41, 5.74) is 1.25. The van der Waals surface area contributed by atoms with Crippen molar-refractivity contribution in [1.29, 1.82) is 0 Å². The summed E-state index contributed by atoms with van der Waals surface area (Å²) in [7, 11) is -5.59. The second-order valence-electron chi connectivity index (χ2n) is 9.03. The Morgan fingerprint density at radius 1 is 0.791 bits per heavy atom. The van der Waals surface area contributed by atoms with E-state index in [-0.39, 0.29) is 63.4 Å². The van der Waals surface area contributed by atoms with E-state index >= 15 is 0 Å². The van der Waals surface area contributed by atoms with E-state index in [0.717, 1.165) is 24.3 Å². The highest BCUT2D eigenvalue weighted by Crippen LogP contribution is 2.51. The molecule has 0 fully saturated rings. The summed E-state index contributed by atoms with van der Waals surface area (Å²) in [6, 6.07) is 17.6. The van der Waals surface area contributed by atoms with Crippen LogP contribution in [0.3, 0.4) is 0 Å². The average Bonchev–Trinajstić information content (AvgIpc) is 2.95. The van der Waals surface area contributed by atoms with Crippen LogP contribution in [0.4, 0.5) is 5.69 Å². The third kappa shape index (κ3) is 7.69. The fourth-order valence-corrected chi connectivity index (χ4v) is 4.99. The van der Waals surface area contributed by atoms with Crippen molar-refractivity contribution >= 4 is 25.9 Å². The van der Waals surface area contributed by atoms with Crippen LogP contribution in [0.25, 0.3) is 22.4 Å². The number of methoxy groups -OCH3 is 2. The first-order valence-corrected chi connectivity index (χ1v) is 15.9. The fraction of sp³-hybridized carbons (Fsp3) is 0.179. The van der Waals surface area contributed by atoms with Crippen LogP contribution < -0.4 is 22.6 Å². The van der Waals surface area contributed by atoms with E-state index in [1.54, 1.807) is 0 Å². The van der Waals surface area contributed by atoms with Crippen molar-refractivity contribution in [2.45, 2.75) is 6.61 Å². The zero-order valence-corrected chi connectivity index (χ0v) is 25.0. The molecule has 4 aromatic rings. The average molecular weight is 631 g/mol. The third-order valence-corrected chi connectivity index (χ3v) is 6.76. The number of hydrogen-bond donors (Lipinski definition) is 0. The molecule has 43 heavy (non-hydrogen) atoms. The first-order valence-electron chi connectivity index (χ1n) is 12.3. The van der Waals surface area contributed by atoms with Gasteiger partial charge in [0.2, 0.25) is 0 Å². The van der Waals surface area contributed by atoms with Crippen LogP contribution in [0, 0.1) is 10.1 Å². The fourth-order valence-electron chi connectivity index (χ4n) is 4.07. The van der Waals surface area contributed by atoms with Gasteiger partial charge in [-0.05, 0) is 35.4 Å². The molecule has 0 saturated heterocycles. The molecule has 0 saturated carbocycles. The lowest BCUT2D eigenvalue weighted by Gasteiger charge is -2.21. The van der Waals surface area contributed by atoms with Gasteiger partial charge in [0, 0.05) is 11.6 Å². The normalized spacial score (nSPS) is 11.4. The molecule has 0 N–H and O–H groups in total. The molecular weight excluding hydrogens is 604 g/mol. The molecule has 1 aromatic heterocycles. The number of aromatic nitrogens is 1. The molecule has 0 radical (unpaired) electrons. The topological polar surface area (TPSA) is 170 Å². The highest BCUT2D eigenvalue weighted by molar-refractivity contribution is 7.86. The molecule has 0 amide bonds. The Morgan fingerprint density at radius 2 is 1.49 bits per heavy atom. The molecular formula is C28H26N2O11S2. The molecule has 0 aliphatic heterocycles. The van der Waals surface area contributed by atoms with E-state index < -0.39 is 25.2 Å². The highest BCUT2D eigenvalue weighted by atomic mass is 32.2. The monoisotopic (exact) mass is 630 g/mol. The lowest BCUT2D eigenvalue weighted by atomic mass is 9.98. The molecule has 0 aliphatic carbocycles. The minimum absolute atomic E-state index is 0.0726. The minimum Gasteiger partial charge on any atom is -0.496 e. The number of rotatable bonds is 12. The van der Waals surface area contributed by atoms with Crippen molar-refractivity contribution in [2.75, 3.05) is 26.7 Å². The summed E-state index contributed by atoms with van der Waals surface area (Å²) in [4.78, 5) is 14.6. The second-order valence-corrected chi connectivity index (χ2v) is 12.2. The molecule has 13 nitrogen and oxygen atoms in total. The lowest BCUT2D eigenvalue weighted by Crippen LogP contribution is -2.10. The van der Waals surface area contributed by atoms with Crippen LogP contribution in [0.1, 0.15) is 5.56 Å². The zero-order valence-electron chi connectivity index (χ0n) is 23.3. The van der Waals surface area contributed by atoms with Crippen LogP contribution in [0.2, 0.25) is 0 Å². The first kappa shape index (κ1) is 31.1. The van der Waals surface area contributed by atoms with Gasteiger partial charge < -0.3 is 22.6 Å². The van der Waals surface area contributed by atoms with Crippen molar-refractivity contribution in [3.05, 3.63) is 88.6 Å². The predicted molar refractivity (Wildman–Crippen MR) is 157 cm³/mol. The molecule has 3 aromatic carbocycles. The van der Waals surface area contributed by atoms with Crippen LogP contribution in [-0.4, -0.2) is 53.5 Å². The summed E-state index contributed by atoms with van der Waals surface area (Å²) in [5.74, 6) is -0.386. The number of hydrogen-bond acceptors (Lipinski definition) is 12. The largest absolute Gasteiger partial charge is 0.496 e. The molecule has 0 bridgehead atoms. The van der Waals surface area contributed by atoms with E-state index in [1.807, 2.05) is 30.3 Å². The van der Waals surface area contributed by atoms with Crippen LogP contribution in [0.15, 0.2) is 72.9 Å². The zero-order chi connectivity index (χ0) is 31.4. The van der Waals surface area contributed by atoms with Gasteiger partial charge in [-0.25, -0.2) is 4.98 Å². The molecule has 0 aliphatic rings. The third-order valence-electron chi connectivity index (χ3n) is 5.80. The molecule has 15 heteroatoms. The van der Waals surface area contributed by atoms with Crippen LogP contribution >= 0.6 is 0 Å². The van der Waals surface area contributed by atoms with Crippen molar-refractivity contribution in [1.82, 2.24) is 4.98 Å². The first-order chi connectivity index (χ1) is 20.3.